The van der Waals surface area contributed by atoms with Gasteiger partial charge in [-0.05, 0) is 26.0 Å². The zero-order valence-electron chi connectivity index (χ0n) is 13.4. The van der Waals surface area contributed by atoms with E-state index < -0.39 is 0 Å². The van der Waals surface area contributed by atoms with Crippen LogP contribution in [0.15, 0.2) is 40.3 Å². The van der Waals surface area contributed by atoms with Gasteiger partial charge in [-0.3, -0.25) is 9.78 Å². The number of nitrogens with zero attached hydrogens (tertiary/aromatic N) is 5. The van der Waals surface area contributed by atoms with Crippen molar-refractivity contribution < 1.29 is 9.32 Å². The van der Waals surface area contributed by atoms with Gasteiger partial charge in [0.2, 0.25) is 5.91 Å². The molecule has 0 aliphatic carbocycles. The van der Waals surface area contributed by atoms with E-state index in [0.29, 0.717) is 16.7 Å². The Morgan fingerprint density at radius 1 is 1.33 bits per heavy atom. The van der Waals surface area contributed by atoms with Crippen LogP contribution in [-0.2, 0) is 11.8 Å². The monoisotopic (exact) mass is 344 g/mol. The number of pyridine rings is 1. The van der Waals surface area contributed by atoms with Crippen molar-refractivity contribution in [1.82, 2.24) is 24.9 Å². The van der Waals surface area contributed by atoms with E-state index in [2.05, 4.69) is 25.7 Å². The predicted molar refractivity (Wildman–Crippen MR) is 89.4 cm³/mol. The minimum atomic E-state index is -0.366. The molecule has 0 fully saturated rings. The Morgan fingerprint density at radius 3 is 2.75 bits per heavy atom. The minimum absolute atomic E-state index is 0.179. The quantitative estimate of drug-likeness (QED) is 0.709. The predicted octanol–water partition coefficient (Wildman–Crippen LogP) is 2.29. The molecule has 0 aliphatic heterocycles. The number of hydrogen-bond donors (Lipinski definition) is 1. The highest BCUT2D eigenvalue weighted by Crippen LogP contribution is 2.26. The van der Waals surface area contributed by atoms with Crippen LogP contribution in [0.25, 0.3) is 11.4 Å². The van der Waals surface area contributed by atoms with E-state index in [4.69, 9.17) is 4.52 Å². The highest BCUT2D eigenvalue weighted by Gasteiger charge is 2.20. The Bertz CT molecular complexity index is 845. The molecule has 0 radical (unpaired) electrons. The number of carbonyl (C=O) groups excluding carboxylic acids is 1. The molecule has 0 saturated heterocycles. The van der Waals surface area contributed by atoms with Gasteiger partial charge < -0.3 is 14.4 Å². The normalized spacial score (nSPS) is 12.1. The van der Waals surface area contributed by atoms with Crippen LogP contribution in [0.2, 0.25) is 0 Å². The van der Waals surface area contributed by atoms with Crippen molar-refractivity contribution in [3.05, 3.63) is 36.4 Å². The molecule has 3 rings (SSSR count). The molecule has 24 heavy (non-hydrogen) atoms. The van der Waals surface area contributed by atoms with Gasteiger partial charge in [0.25, 0.3) is 0 Å². The second kappa shape index (κ2) is 6.83. The summed E-state index contributed by atoms with van der Waals surface area (Å²) in [4.78, 5) is 16.2. The maximum atomic E-state index is 12.2. The zero-order valence-corrected chi connectivity index (χ0v) is 14.2. The third-order valence-electron chi connectivity index (χ3n) is 3.30. The Hall–Kier alpha value is -2.68. The summed E-state index contributed by atoms with van der Waals surface area (Å²) >= 11 is 1.32. The molecule has 1 amide bonds. The molecule has 1 atom stereocenters. The third kappa shape index (κ3) is 3.46. The first-order valence-electron chi connectivity index (χ1n) is 7.25. The molecule has 0 unspecified atom stereocenters. The van der Waals surface area contributed by atoms with Crippen LogP contribution in [-0.4, -0.2) is 36.1 Å². The van der Waals surface area contributed by atoms with Crippen LogP contribution in [0.5, 0.6) is 0 Å². The van der Waals surface area contributed by atoms with Crippen LogP contribution in [0.1, 0.15) is 12.7 Å². The number of nitrogens with one attached hydrogen (secondary N) is 1. The van der Waals surface area contributed by atoms with E-state index in [1.165, 1.54) is 11.8 Å². The Balaban J connectivity index is 1.69. The fourth-order valence-corrected chi connectivity index (χ4v) is 2.85. The van der Waals surface area contributed by atoms with Gasteiger partial charge in [-0.25, -0.2) is 0 Å². The maximum Gasteiger partial charge on any atom is 0.238 e. The summed E-state index contributed by atoms with van der Waals surface area (Å²) in [5, 5.41) is 15.1. The summed E-state index contributed by atoms with van der Waals surface area (Å²) < 4.78 is 6.78. The van der Waals surface area contributed by atoms with Crippen molar-refractivity contribution in [2.24, 2.45) is 7.05 Å². The van der Waals surface area contributed by atoms with E-state index in [9.17, 15) is 4.79 Å². The number of anilines is 1. The summed E-state index contributed by atoms with van der Waals surface area (Å²) in [6, 6.07) is 5.39. The minimum Gasteiger partial charge on any atom is -0.360 e. The van der Waals surface area contributed by atoms with Gasteiger partial charge in [0.05, 0.1) is 5.25 Å². The lowest BCUT2D eigenvalue weighted by atomic mass is 10.2. The number of aromatic nitrogens is 5. The topological polar surface area (TPSA) is 98.7 Å². The molecule has 0 aromatic carbocycles. The van der Waals surface area contributed by atoms with Crippen molar-refractivity contribution in [2.75, 3.05) is 5.32 Å². The zero-order chi connectivity index (χ0) is 17.1. The number of amides is 1. The molecule has 8 nitrogen and oxygen atoms in total. The van der Waals surface area contributed by atoms with E-state index >= 15 is 0 Å². The standard InChI is InChI=1S/C15H16N6O2S/c1-9-8-12(20-23-9)17-14(22)10(2)24-15-19-18-13(21(15)3)11-4-6-16-7-5-11/h4-8,10H,1-3H3,(H,17,20,22)/t10-/m1/s1. The van der Waals surface area contributed by atoms with Gasteiger partial charge in [-0.2, -0.15) is 0 Å². The van der Waals surface area contributed by atoms with Crippen molar-refractivity contribution in [2.45, 2.75) is 24.3 Å². The molecule has 3 aromatic heterocycles. The van der Waals surface area contributed by atoms with Gasteiger partial charge in [-0.1, -0.05) is 16.9 Å². The highest BCUT2D eigenvalue weighted by atomic mass is 32.2. The molecule has 0 spiro atoms. The molecular weight excluding hydrogens is 328 g/mol. The number of rotatable bonds is 5. The highest BCUT2D eigenvalue weighted by molar-refractivity contribution is 8.00. The fourth-order valence-electron chi connectivity index (χ4n) is 2.03. The van der Waals surface area contributed by atoms with E-state index in [0.717, 1.165) is 11.4 Å². The average molecular weight is 344 g/mol. The number of hydrogen-bond acceptors (Lipinski definition) is 7. The number of carbonyl (C=O) groups is 1. The fraction of sp³-hybridized carbons (Fsp3) is 0.267. The Kier molecular flexibility index (Phi) is 4.61. The summed E-state index contributed by atoms with van der Waals surface area (Å²) in [5.41, 5.74) is 0.919. The molecule has 9 heteroatoms. The van der Waals surface area contributed by atoms with Crippen LogP contribution >= 0.6 is 11.8 Å². The maximum absolute atomic E-state index is 12.2. The third-order valence-corrected chi connectivity index (χ3v) is 4.44. The molecule has 124 valence electrons. The van der Waals surface area contributed by atoms with Gasteiger partial charge in [0.15, 0.2) is 16.8 Å². The summed E-state index contributed by atoms with van der Waals surface area (Å²) in [6.07, 6.45) is 3.40. The number of thioether (sulfide) groups is 1. The lowest BCUT2D eigenvalue weighted by Gasteiger charge is -2.10. The Morgan fingerprint density at radius 2 is 2.08 bits per heavy atom. The average Bonchev–Trinajstić information content (AvgIpc) is 3.14. The van der Waals surface area contributed by atoms with E-state index in [1.54, 1.807) is 32.3 Å². The van der Waals surface area contributed by atoms with Crippen molar-refractivity contribution in [1.29, 1.82) is 0 Å². The van der Waals surface area contributed by atoms with Gasteiger partial charge in [-0.15, -0.1) is 10.2 Å². The first kappa shape index (κ1) is 16.2. The number of aryl methyl sites for hydroxylation is 1. The largest absolute Gasteiger partial charge is 0.360 e. The molecule has 0 aliphatic rings. The van der Waals surface area contributed by atoms with Crippen molar-refractivity contribution in [3.63, 3.8) is 0 Å². The summed E-state index contributed by atoms with van der Waals surface area (Å²) in [7, 11) is 1.86. The molecule has 3 aromatic rings. The first-order chi connectivity index (χ1) is 11.5. The lowest BCUT2D eigenvalue weighted by Crippen LogP contribution is -2.23. The van der Waals surface area contributed by atoms with E-state index in [-0.39, 0.29) is 11.2 Å². The van der Waals surface area contributed by atoms with Crippen molar-refractivity contribution >= 4 is 23.5 Å². The van der Waals surface area contributed by atoms with Gasteiger partial charge in [0.1, 0.15) is 5.76 Å². The molecule has 3 heterocycles. The first-order valence-corrected chi connectivity index (χ1v) is 8.13. The smallest absolute Gasteiger partial charge is 0.238 e. The van der Waals surface area contributed by atoms with Crippen molar-refractivity contribution in [3.8, 4) is 11.4 Å². The SMILES string of the molecule is Cc1cc(NC(=O)[C@@H](C)Sc2nnc(-c3ccncc3)n2C)no1. The molecule has 1 N–H and O–H groups in total. The van der Waals surface area contributed by atoms with Gasteiger partial charge >= 0.3 is 0 Å². The summed E-state index contributed by atoms with van der Waals surface area (Å²) in [6.45, 7) is 3.56. The van der Waals surface area contributed by atoms with Crippen LogP contribution in [0.3, 0.4) is 0 Å². The van der Waals surface area contributed by atoms with Crippen LogP contribution < -0.4 is 5.32 Å². The van der Waals surface area contributed by atoms with E-state index in [1.807, 2.05) is 23.7 Å². The van der Waals surface area contributed by atoms with Crippen LogP contribution in [0.4, 0.5) is 5.82 Å². The summed E-state index contributed by atoms with van der Waals surface area (Å²) in [5.74, 6) is 1.59. The molecule has 0 saturated carbocycles. The van der Waals surface area contributed by atoms with Gasteiger partial charge in [0, 0.05) is 31.1 Å². The second-order valence-corrected chi connectivity index (χ2v) is 6.48. The second-order valence-electron chi connectivity index (χ2n) is 5.17. The van der Waals surface area contributed by atoms with Crippen LogP contribution in [0, 0.1) is 6.92 Å². The molecular formula is C15H16N6O2S. The lowest BCUT2D eigenvalue weighted by molar-refractivity contribution is -0.115. The Labute approximate surface area is 142 Å². The molecule has 0 bridgehead atoms.